The Hall–Kier alpha value is -2.84. The van der Waals surface area contributed by atoms with E-state index in [0.717, 1.165) is 18.4 Å². The van der Waals surface area contributed by atoms with Crippen molar-refractivity contribution in [1.29, 1.82) is 0 Å². The smallest absolute Gasteiger partial charge is 0.410 e. The lowest BCUT2D eigenvalue weighted by molar-refractivity contribution is -0.142. The Morgan fingerprint density at radius 2 is 1.66 bits per heavy atom. The molecule has 0 aromatic heterocycles. The highest BCUT2D eigenvalue weighted by Gasteiger charge is 2.48. The predicted octanol–water partition coefficient (Wildman–Crippen LogP) is 5.25. The second-order valence-electron chi connectivity index (χ2n) is 10.7. The molecule has 2 saturated heterocycles. The summed E-state index contributed by atoms with van der Waals surface area (Å²) in [6.07, 6.45) is 2.43. The molecule has 202 valence electrons. The summed E-state index contributed by atoms with van der Waals surface area (Å²) in [5.74, 6) is -0.401. The molecule has 3 aliphatic rings. The number of amides is 3. The molecule has 2 aliphatic heterocycles. The second-order valence-corrected chi connectivity index (χ2v) is 11.6. The van der Waals surface area contributed by atoms with Crippen LogP contribution in [0.2, 0.25) is 10.0 Å². The van der Waals surface area contributed by atoms with Crippen molar-refractivity contribution >= 4 is 41.1 Å². The molecule has 3 amide bonds. The fourth-order valence-electron chi connectivity index (χ4n) is 5.37. The molecule has 1 N–H and O–H groups in total. The summed E-state index contributed by atoms with van der Waals surface area (Å²) in [6.45, 7) is 3.88. The molecule has 5 rings (SSSR count). The van der Waals surface area contributed by atoms with E-state index >= 15 is 0 Å². The van der Waals surface area contributed by atoms with Crippen LogP contribution >= 0.6 is 23.2 Å². The molecular formula is C28H30Cl2FN3O4. The normalized spacial score (nSPS) is 22.7. The van der Waals surface area contributed by atoms with Gasteiger partial charge in [-0.25, -0.2) is 9.18 Å². The van der Waals surface area contributed by atoms with Gasteiger partial charge in [0, 0.05) is 43.4 Å². The standard InChI is InChI=1S/C28H30Cl2FN3O4/c1-28(10-11-28)26(36)33-12-8-17(9-13-33)25(35)34-15-21(18-2-7-22(29)23(30)14-18)24(16-34)32-27(37)38-20-5-3-19(31)4-6-20/h2-7,14,17,21,24H,8-13,15-16H2,1H3,(H,32,37). The topological polar surface area (TPSA) is 79.0 Å². The van der Waals surface area contributed by atoms with Crippen LogP contribution in [0.25, 0.3) is 0 Å². The molecule has 1 saturated carbocycles. The third-order valence-electron chi connectivity index (χ3n) is 7.98. The first-order valence-corrected chi connectivity index (χ1v) is 13.7. The number of nitrogens with zero attached hydrogens (tertiary/aromatic N) is 2. The van der Waals surface area contributed by atoms with Gasteiger partial charge in [0.2, 0.25) is 11.8 Å². The molecule has 10 heteroatoms. The van der Waals surface area contributed by atoms with Crippen LogP contribution in [0.1, 0.15) is 44.1 Å². The van der Waals surface area contributed by atoms with Crippen molar-refractivity contribution in [3.63, 3.8) is 0 Å². The number of rotatable bonds is 5. The highest BCUT2D eigenvalue weighted by molar-refractivity contribution is 6.42. The first-order chi connectivity index (χ1) is 18.1. The average molecular weight is 562 g/mol. The summed E-state index contributed by atoms with van der Waals surface area (Å²) in [5, 5.41) is 3.69. The van der Waals surface area contributed by atoms with E-state index in [9.17, 15) is 18.8 Å². The zero-order valence-corrected chi connectivity index (χ0v) is 22.6. The van der Waals surface area contributed by atoms with Gasteiger partial charge in [0.25, 0.3) is 0 Å². The van der Waals surface area contributed by atoms with E-state index in [1.807, 2.05) is 17.9 Å². The van der Waals surface area contributed by atoms with Gasteiger partial charge in [-0.3, -0.25) is 9.59 Å². The maximum atomic E-state index is 13.5. The lowest BCUT2D eigenvalue weighted by atomic mass is 9.93. The Morgan fingerprint density at radius 3 is 2.29 bits per heavy atom. The van der Waals surface area contributed by atoms with Crippen LogP contribution in [0.15, 0.2) is 42.5 Å². The van der Waals surface area contributed by atoms with Crippen LogP contribution in [-0.2, 0) is 9.59 Å². The Labute approximate surface area is 231 Å². The first-order valence-electron chi connectivity index (χ1n) is 12.9. The lowest BCUT2D eigenvalue weighted by Crippen LogP contribution is -2.46. The summed E-state index contributed by atoms with van der Waals surface area (Å²) in [6, 6.07) is 10.0. The van der Waals surface area contributed by atoms with Gasteiger partial charge >= 0.3 is 6.09 Å². The van der Waals surface area contributed by atoms with Gasteiger partial charge in [0.1, 0.15) is 11.6 Å². The van der Waals surface area contributed by atoms with Crippen molar-refractivity contribution in [2.45, 2.75) is 44.6 Å². The van der Waals surface area contributed by atoms with Crippen molar-refractivity contribution in [2.24, 2.45) is 11.3 Å². The maximum Gasteiger partial charge on any atom is 0.412 e. The third-order valence-corrected chi connectivity index (χ3v) is 8.72. The van der Waals surface area contributed by atoms with Crippen LogP contribution in [0, 0.1) is 17.2 Å². The number of ether oxygens (including phenoxy) is 1. The van der Waals surface area contributed by atoms with Crippen LogP contribution in [0.3, 0.4) is 0 Å². The molecule has 2 aromatic rings. The Morgan fingerprint density at radius 1 is 0.974 bits per heavy atom. The summed E-state index contributed by atoms with van der Waals surface area (Å²) >= 11 is 12.4. The molecule has 2 atom stereocenters. The third kappa shape index (κ3) is 5.76. The van der Waals surface area contributed by atoms with Gasteiger partial charge in [-0.05, 0) is 67.6 Å². The molecule has 38 heavy (non-hydrogen) atoms. The number of hydrogen-bond donors (Lipinski definition) is 1. The molecule has 7 nitrogen and oxygen atoms in total. The zero-order chi connectivity index (χ0) is 27.0. The molecule has 3 fully saturated rings. The Kier molecular flexibility index (Phi) is 7.56. The Bertz CT molecular complexity index is 1230. The van der Waals surface area contributed by atoms with Crippen LogP contribution in [0.5, 0.6) is 5.75 Å². The van der Waals surface area contributed by atoms with E-state index < -0.39 is 18.0 Å². The van der Waals surface area contributed by atoms with E-state index in [1.165, 1.54) is 24.3 Å². The van der Waals surface area contributed by atoms with Gasteiger partial charge < -0.3 is 19.9 Å². The minimum Gasteiger partial charge on any atom is -0.410 e. The monoisotopic (exact) mass is 561 g/mol. The first kappa shape index (κ1) is 26.8. The number of halogens is 3. The van der Waals surface area contributed by atoms with Crippen LogP contribution in [0.4, 0.5) is 9.18 Å². The van der Waals surface area contributed by atoms with E-state index in [4.69, 9.17) is 27.9 Å². The summed E-state index contributed by atoms with van der Waals surface area (Å²) in [7, 11) is 0. The van der Waals surface area contributed by atoms with Crippen molar-refractivity contribution in [2.75, 3.05) is 26.2 Å². The van der Waals surface area contributed by atoms with E-state index in [-0.39, 0.29) is 34.8 Å². The molecule has 1 aliphatic carbocycles. The summed E-state index contributed by atoms with van der Waals surface area (Å²) < 4.78 is 18.5. The lowest BCUT2D eigenvalue weighted by Gasteiger charge is -2.34. The van der Waals surface area contributed by atoms with Gasteiger partial charge in [0.05, 0.1) is 16.1 Å². The number of carbonyl (C=O) groups excluding carboxylic acids is 3. The number of hydrogen-bond acceptors (Lipinski definition) is 4. The average Bonchev–Trinajstić information content (AvgIpc) is 3.53. The van der Waals surface area contributed by atoms with Gasteiger partial charge in [0.15, 0.2) is 0 Å². The summed E-state index contributed by atoms with van der Waals surface area (Å²) in [5.41, 5.74) is 0.639. The molecule has 2 aromatic carbocycles. The van der Waals surface area contributed by atoms with Gasteiger partial charge in [-0.1, -0.05) is 36.2 Å². The number of nitrogens with one attached hydrogen (secondary N) is 1. The fourth-order valence-corrected chi connectivity index (χ4v) is 5.68. The number of likely N-dealkylation sites (tertiary alicyclic amines) is 2. The minimum atomic E-state index is -0.693. The van der Waals surface area contributed by atoms with Crippen molar-refractivity contribution < 1.29 is 23.5 Å². The van der Waals surface area contributed by atoms with Crippen molar-refractivity contribution in [3.05, 3.63) is 63.9 Å². The fraction of sp³-hybridized carbons (Fsp3) is 0.464. The van der Waals surface area contributed by atoms with Crippen molar-refractivity contribution in [1.82, 2.24) is 15.1 Å². The van der Waals surface area contributed by atoms with E-state index in [0.29, 0.717) is 49.1 Å². The van der Waals surface area contributed by atoms with Gasteiger partial charge in [-0.2, -0.15) is 0 Å². The quantitative estimate of drug-likeness (QED) is 0.540. The number of carbonyl (C=O) groups is 3. The van der Waals surface area contributed by atoms with Crippen LogP contribution < -0.4 is 10.1 Å². The van der Waals surface area contributed by atoms with Crippen LogP contribution in [-0.4, -0.2) is 59.9 Å². The number of benzene rings is 2. The highest BCUT2D eigenvalue weighted by atomic mass is 35.5. The zero-order valence-electron chi connectivity index (χ0n) is 21.1. The van der Waals surface area contributed by atoms with Gasteiger partial charge in [-0.15, -0.1) is 0 Å². The van der Waals surface area contributed by atoms with E-state index in [1.54, 1.807) is 17.0 Å². The SMILES string of the molecule is CC1(C(=O)N2CCC(C(=O)N3CC(NC(=O)Oc4ccc(F)cc4)C(c4ccc(Cl)c(Cl)c4)C3)CC2)CC1. The van der Waals surface area contributed by atoms with E-state index in [2.05, 4.69) is 5.32 Å². The molecule has 2 heterocycles. The molecule has 0 bridgehead atoms. The highest BCUT2D eigenvalue weighted by Crippen LogP contribution is 2.47. The summed E-state index contributed by atoms with van der Waals surface area (Å²) in [4.78, 5) is 42.6. The largest absolute Gasteiger partial charge is 0.412 e. The molecular weight excluding hydrogens is 532 g/mol. The van der Waals surface area contributed by atoms with Crippen molar-refractivity contribution in [3.8, 4) is 5.75 Å². The molecule has 0 radical (unpaired) electrons. The number of piperidine rings is 1. The second kappa shape index (κ2) is 10.7. The minimum absolute atomic E-state index is 0.0241. The predicted molar refractivity (Wildman–Crippen MR) is 142 cm³/mol. The Balaban J connectivity index is 1.26. The molecule has 2 unspecified atom stereocenters. The maximum absolute atomic E-state index is 13.5. The molecule has 0 spiro atoms.